The Balaban J connectivity index is 1.51. The van der Waals surface area contributed by atoms with Crippen molar-refractivity contribution in [2.45, 2.75) is 19.0 Å². The lowest BCUT2D eigenvalue weighted by molar-refractivity contribution is -0.132. The summed E-state index contributed by atoms with van der Waals surface area (Å²) in [5.41, 5.74) is 0.737. The van der Waals surface area contributed by atoms with Crippen molar-refractivity contribution in [2.24, 2.45) is 16.9 Å². The molecule has 2 aromatic rings. The maximum Gasteiger partial charge on any atom is 0.308 e. The largest absolute Gasteiger partial charge is 0.427 e. The van der Waals surface area contributed by atoms with Crippen LogP contribution < -0.4 is 9.64 Å². The predicted molar refractivity (Wildman–Crippen MR) is 120 cm³/mol. The fraction of sp³-hybridized carbons (Fsp3) is 0.208. The minimum absolute atomic E-state index is 0.307. The Morgan fingerprint density at radius 2 is 1.64 bits per heavy atom. The number of carbonyl (C=O) groups excluding carboxylic acids is 4. The maximum atomic E-state index is 13.6. The number of anilines is 1. The molecule has 8 nitrogen and oxygen atoms in total. The number of benzene rings is 2. The molecule has 0 aliphatic carbocycles. The third-order valence-electron chi connectivity index (χ3n) is 6.04. The molecule has 0 saturated carbocycles. The van der Waals surface area contributed by atoms with Crippen LogP contribution in [0.1, 0.15) is 17.3 Å². The van der Waals surface area contributed by atoms with Gasteiger partial charge in [-0.2, -0.15) is 5.10 Å². The van der Waals surface area contributed by atoms with E-state index in [4.69, 9.17) is 16.3 Å². The number of esters is 1. The molecule has 0 bridgehead atoms. The zero-order chi connectivity index (χ0) is 23.3. The molecule has 5 rings (SSSR count). The van der Waals surface area contributed by atoms with Gasteiger partial charge in [0.2, 0.25) is 11.8 Å². The molecule has 0 aromatic heterocycles. The molecule has 0 N–H and O–H groups in total. The van der Waals surface area contributed by atoms with Crippen molar-refractivity contribution in [3.8, 4) is 5.75 Å². The molecule has 3 heterocycles. The normalized spacial score (nSPS) is 25.3. The molecule has 0 spiro atoms. The first-order chi connectivity index (χ1) is 15.9. The number of rotatable bonds is 4. The monoisotopic (exact) mass is 463 g/mol. The van der Waals surface area contributed by atoms with Crippen molar-refractivity contribution < 1.29 is 23.9 Å². The van der Waals surface area contributed by atoms with E-state index >= 15 is 0 Å². The summed E-state index contributed by atoms with van der Waals surface area (Å²) in [7, 11) is 0. The van der Waals surface area contributed by atoms with Crippen molar-refractivity contribution in [2.75, 3.05) is 4.90 Å². The summed E-state index contributed by atoms with van der Waals surface area (Å²) in [6.07, 6.45) is 5.04. The van der Waals surface area contributed by atoms with Crippen LogP contribution in [0.3, 0.4) is 0 Å². The van der Waals surface area contributed by atoms with E-state index in [0.717, 1.165) is 4.90 Å². The van der Waals surface area contributed by atoms with Crippen LogP contribution in [0.15, 0.2) is 65.8 Å². The molecule has 3 aliphatic heterocycles. The van der Waals surface area contributed by atoms with Crippen LogP contribution in [0, 0.1) is 11.8 Å². The highest BCUT2D eigenvalue weighted by Crippen LogP contribution is 2.46. The molecule has 2 aromatic carbocycles. The van der Waals surface area contributed by atoms with Gasteiger partial charge in [-0.15, -0.1) is 0 Å². The first-order valence-electron chi connectivity index (χ1n) is 10.3. The molecule has 0 unspecified atom stereocenters. The van der Waals surface area contributed by atoms with E-state index in [2.05, 4.69) is 5.10 Å². The van der Waals surface area contributed by atoms with E-state index in [9.17, 15) is 19.2 Å². The number of halogens is 1. The number of allylic oxidation sites excluding steroid dienone is 1. The van der Waals surface area contributed by atoms with Gasteiger partial charge in [-0.05, 0) is 54.6 Å². The zero-order valence-corrected chi connectivity index (χ0v) is 18.2. The van der Waals surface area contributed by atoms with Crippen LogP contribution in [0.5, 0.6) is 5.75 Å². The highest BCUT2D eigenvalue weighted by molar-refractivity contribution is 6.31. The van der Waals surface area contributed by atoms with Gasteiger partial charge in [-0.25, -0.2) is 4.90 Å². The van der Waals surface area contributed by atoms with Crippen molar-refractivity contribution in [1.29, 1.82) is 0 Å². The Hall–Kier alpha value is -3.78. The van der Waals surface area contributed by atoms with E-state index in [0.29, 0.717) is 22.0 Å². The summed E-state index contributed by atoms with van der Waals surface area (Å²) in [5, 5.41) is 6.36. The maximum absolute atomic E-state index is 13.6. The van der Waals surface area contributed by atoms with Gasteiger partial charge in [0.05, 0.1) is 23.6 Å². The van der Waals surface area contributed by atoms with Gasteiger partial charge in [0.25, 0.3) is 0 Å². The van der Waals surface area contributed by atoms with Crippen LogP contribution in [-0.4, -0.2) is 46.9 Å². The lowest BCUT2D eigenvalue weighted by Crippen LogP contribution is -2.46. The number of hydrazone groups is 1. The molecule has 2 amide bonds. The molecule has 0 radical (unpaired) electrons. The lowest BCUT2D eigenvalue weighted by atomic mass is 9.86. The van der Waals surface area contributed by atoms with Gasteiger partial charge in [0, 0.05) is 23.7 Å². The molecule has 4 atom stereocenters. The Kier molecular flexibility index (Phi) is 5.09. The van der Waals surface area contributed by atoms with Crippen molar-refractivity contribution in [3.63, 3.8) is 0 Å². The number of ether oxygens (including phenoxy) is 1. The average molecular weight is 464 g/mol. The Morgan fingerprint density at radius 3 is 2.30 bits per heavy atom. The Labute approximate surface area is 194 Å². The summed E-state index contributed by atoms with van der Waals surface area (Å²) in [6, 6.07) is 11.1. The zero-order valence-electron chi connectivity index (χ0n) is 17.4. The van der Waals surface area contributed by atoms with E-state index in [1.165, 1.54) is 37.4 Å². The second-order valence-corrected chi connectivity index (χ2v) is 8.42. The van der Waals surface area contributed by atoms with Gasteiger partial charge >= 0.3 is 5.97 Å². The Morgan fingerprint density at radius 1 is 0.970 bits per heavy atom. The quantitative estimate of drug-likeness (QED) is 0.299. The number of amides is 2. The van der Waals surface area contributed by atoms with Crippen LogP contribution in [0.4, 0.5) is 5.69 Å². The van der Waals surface area contributed by atoms with Crippen LogP contribution in [-0.2, 0) is 14.4 Å². The minimum Gasteiger partial charge on any atom is -0.427 e. The van der Waals surface area contributed by atoms with Crippen molar-refractivity contribution >= 4 is 47.1 Å². The number of carbonyl (C=O) groups is 4. The number of Topliss-reactive ketones (excluding diaryl/α,β-unsaturated/α-hetero) is 1. The number of imide groups is 1. The van der Waals surface area contributed by atoms with Gasteiger partial charge in [0.1, 0.15) is 11.8 Å². The predicted octanol–water partition coefficient (Wildman–Crippen LogP) is 2.86. The van der Waals surface area contributed by atoms with Crippen LogP contribution in [0.2, 0.25) is 5.02 Å². The number of fused-ring (bicyclic) bond motifs is 3. The highest BCUT2D eigenvalue weighted by atomic mass is 35.5. The third kappa shape index (κ3) is 3.43. The molecule has 3 aliphatic rings. The SMILES string of the molecule is CC(=O)Oc1ccc(C(=O)[C@@H]2[C@@H]3C(=O)N(c4ccc(Cl)cc4)C(=O)[C@H]3[C@@H]3C=CC=NN23)cc1. The molecule has 166 valence electrons. The summed E-state index contributed by atoms with van der Waals surface area (Å²) in [4.78, 5) is 52.8. The molecule has 2 saturated heterocycles. The second kappa shape index (κ2) is 7.97. The van der Waals surface area contributed by atoms with Crippen LogP contribution >= 0.6 is 11.6 Å². The fourth-order valence-electron chi connectivity index (χ4n) is 4.71. The van der Waals surface area contributed by atoms with Gasteiger partial charge in [-0.1, -0.05) is 17.7 Å². The average Bonchev–Trinajstić information content (AvgIpc) is 3.27. The van der Waals surface area contributed by atoms with Gasteiger partial charge in [-0.3, -0.25) is 24.2 Å². The first kappa shape index (κ1) is 21.1. The number of nitrogens with zero attached hydrogens (tertiary/aromatic N) is 3. The number of ketones is 1. The number of hydrogen-bond acceptors (Lipinski definition) is 7. The Bertz CT molecular complexity index is 1220. The smallest absolute Gasteiger partial charge is 0.308 e. The molecule has 9 heteroatoms. The van der Waals surface area contributed by atoms with Gasteiger partial charge in [0.15, 0.2) is 5.78 Å². The standard InChI is InChI=1S/C24H18ClN3O5/c1-13(29)33-17-10-4-14(5-11-17)22(30)21-20-19(18-3-2-12-26-28(18)21)23(31)27(24(20)32)16-8-6-15(25)7-9-16/h2-12,18-21H,1H3/t18-,19-,20+,21-/m0/s1. The van der Waals surface area contributed by atoms with E-state index in [1.54, 1.807) is 41.4 Å². The lowest BCUT2D eigenvalue weighted by Gasteiger charge is -2.30. The van der Waals surface area contributed by atoms with Gasteiger partial charge < -0.3 is 4.74 Å². The van der Waals surface area contributed by atoms with E-state index in [1.807, 2.05) is 0 Å². The minimum atomic E-state index is -0.950. The number of hydrogen-bond donors (Lipinski definition) is 0. The second-order valence-electron chi connectivity index (χ2n) is 7.99. The first-order valence-corrected chi connectivity index (χ1v) is 10.7. The van der Waals surface area contributed by atoms with E-state index < -0.39 is 35.8 Å². The van der Waals surface area contributed by atoms with E-state index in [-0.39, 0.29) is 11.7 Å². The summed E-state index contributed by atoms with van der Waals surface area (Å²) < 4.78 is 5.02. The molecular formula is C24H18ClN3O5. The molecule has 33 heavy (non-hydrogen) atoms. The summed E-state index contributed by atoms with van der Waals surface area (Å²) >= 11 is 5.96. The van der Waals surface area contributed by atoms with Crippen molar-refractivity contribution in [3.05, 3.63) is 71.3 Å². The molecular weight excluding hydrogens is 446 g/mol. The molecule has 2 fully saturated rings. The van der Waals surface area contributed by atoms with Crippen molar-refractivity contribution in [1.82, 2.24) is 5.01 Å². The third-order valence-corrected chi connectivity index (χ3v) is 6.30. The summed E-state index contributed by atoms with van der Waals surface area (Å²) in [6.45, 7) is 1.29. The summed E-state index contributed by atoms with van der Waals surface area (Å²) in [5.74, 6) is -2.95. The topological polar surface area (TPSA) is 96.3 Å². The fourth-order valence-corrected chi connectivity index (χ4v) is 4.83. The van der Waals surface area contributed by atoms with Crippen LogP contribution in [0.25, 0.3) is 0 Å². The highest BCUT2D eigenvalue weighted by Gasteiger charge is 2.64.